The fraction of sp³-hybridized carbons (Fsp3) is 0.263. The number of anilines is 2. The Hall–Kier alpha value is -2.82. The highest BCUT2D eigenvalue weighted by Gasteiger charge is 2.05. The Morgan fingerprint density at radius 1 is 0.958 bits per heavy atom. The minimum atomic E-state index is -0.366. The second kappa shape index (κ2) is 8.15. The van der Waals surface area contributed by atoms with Crippen LogP contribution in [0.5, 0.6) is 0 Å². The van der Waals surface area contributed by atoms with Gasteiger partial charge in [0.2, 0.25) is 5.91 Å². The number of methoxy groups -OCH3 is 1. The number of nitrogens with one attached hydrogen (secondary N) is 2. The van der Waals surface area contributed by atoms with E-state index in [4.69, 9.17) is 0 Å². The quantitative estimate of drug-likeness (QED) is 0.797. The molecule has 0 fully saturated rings. The van der Waals surface area contributed by atoms with Crippen molar-refractivity contribution < 1.29 is 14.3 Å². The molecule has 0 saturated carbocycles. The smallest absolute Gasteiger partial charge is 0.337 e. The van der Waals surface area contributed by atoms with Crippen LogP contribution in [0.1, 0.15) is 27.9 Å². The normalized spacial score (nSPS) is 10.1. The van der Waals surface area contributed by atoms with E-state index in [0.717, 1.165) is 16.9 Å². The van der Waals surface area contributed by atoms with E-state index in [1.807, 2.05) is 32.0 Å². The molecular formula is C19H22N2O3. The average molecular weight is 326 g/mol. The summed E-state index contributed by atoms with van der Waals surface area (Å²) in [6, 6.07) is 12.8. The number of aryl methyl sites for hydroxylation is 2. The van der Waals surface area contributed by atoms with Crippen molar-refractivity contribution in [1.82, 2.24) is 0 Å². The molecule has 0 aliphatic carbocycles. The third-order valence-corrected chi connectivity index (χ3v) is 3.78. The average Bonchev–Trinajstić information content (AvgIpc) is 2.58. The Morgan fingerprint density at radius 2 is 1.62 bits per heavy atom. The van der Waals surface area contributed by atoms with Gasteiger partial charge >= 0.3 is 5.97 Å². The Bertz CT molecular complexity index is 724. The maximum absolute atomic E-state index is 12.0. The Kier molecular flexibility index (Phi) is 5.95. The lowest BCUT2D eigenvalue weighted by molar-refractivity contribution is -0.115. The van der Waals surface area contributed by atoms with Crippen molar-refractivity contribution in [2.24, 2.45) is 0 Å². The molecule has 0 aromatic heterocycles. The van der Waals surface area contributed by atoms with E-state index in [2.05, 4.69) is 15.4 Å². The van der Waals surface area contributed by atoms with Gasteiger partial charge in [-0.1, -0.05) is 6.07 Å². The SMILES string of the molecule is COC(=O)c1ccc(NCCC(=O)Nc2ccc(C)c(C)c2)cc1. The molecule has 5 nitrogen and oxygen atoms in total. The highest BCUT2D eigenvalue weighted by molar-refractivity contribution is 5.91. The largest absolute Gasteiger partial charge is 0.465 e. The minimum Gasteiger partial charge on any atom is -0.465 e. The van der Waals surface area contributed by atoms with Gasteiger partial charge < -0.3 is 15.4 Å². The Morgan fingerprint density at radius 3 is 2.25 bits per heavy atom. The van der Waals surface area contributed by atoms with Gasteiger partial charge in [0.05, 0.1) is 12.7 Å². The molecule has 0 unspecified atom stereocenters. The summed E-state index contributed by atoms with van der Waals surface area (Å²) >= 11 is 0. The first-order valence-corrected chi connectivity index (χ1v) is 7.79. The molecule has 0 saturated heterocycles. The highest BCUT2D eigenvalue weighted by atomic mass is 16.5. The van der Waals surface area contributed by atoms with Gasteiger partial charge in [-0.05, 0) is 61.4 Å². The van der Waals surface area contributed by atoms with E-state index in [-0.39, 0.29) is 11.9 Å². The van der Waals surface area contributed by atoms with Gasteiger partial charge in [-0.25, -0.2) is 4.79 Å². The monoisotopic (exact) mass is 326 g/mol. The molecule has 2 rings (SSSR count). The van der Waals surface area contributed by atoms with Crippen LogP contribution in [0.3, 0.4) is 0 Å². The minimum absolute atomic E-state index is 0.0445. The molecule has 24 heavy (non-hydrogen) atoms. The summed E-state index contributed by atoms with van der Waals surface area (Å²) in [7, 11) is 1.35. The van der Waals surface area contributed by atoms with Crippen molar-refractivity contribution in [1.29, 1.82) is 0 Å². The Balaban J connectivity index is 1.79. The number of rotatable bonds is 6. The van der Waals surface area contributed by atoms with Gasteiger partial charge in [-0.2, -0.15) is 0 Å². The molecular weight excluding hydrogens is 304 g/mol. The van der Waals surface area contributed by atoms with Crippen LogP contribution in [-0.2, 0) is 9.53 Å². The third-order valence-electron chi connectivity index (χ3n) is 3.78. The molecule has 0 atom stereocenters. The van der Waals surface area contributed by atoms with Crippen LogP contribution >= 0.6 is 0 Å². The standard InChI is InChI=1S/C19H22N2O3/c1-13-4-7-17(12-14(13)2)21-18(22)10-11-20-16-8-5-15(6-9-16)19(23)24-3/h4-9,12,20H,10-11H2,1-3H3,(H,21,22). The fourth-order valence-corrected chi connectivity index (χ4v) is 2.21. The van der Waals surface area contributed by atoms with Crippen LogP contribution in [0.25, 0.3) is 0 Å². The summed E-state index contributed by atoms with van der Waals surface area (Å²) in [6.07, 6.45) is 0.353. The van der Waals surface area contributed by atoms with Crippen LogP contribution in [0.4, 0.5) is 11.4 Å². The van der Waals surface area contributed by atoms with E-state index in [9.17, 15) is 9.59 Å². The second-order valence-corrected chi connectivity index (χ2v) is 5.59. The lowest BCUT2D eigenvalue weighted by Gasteiger charge is -2.09. The number of amides is 1. The zero-order valence-corrected chi connectivity index (χ0v) is 14.2. The predicted molar refractivity (Wildman–Crippen MR) is 95.4 cm³/mol. The van der Waals surface area contributed by atoms with Crippen molar-refractivity contribution in [3.8, 4) is 0 Å². The molecule has 0 bridgehead atoms. The van der Waals surface area contributed by atoms with Crippen LogP contribution in [0.15, 0.2) is 42.5 Å². The van der Waals surface area contributed by atoms with Gasteiger partial charge in [-0.15, -0.1) is 0 Å². The van der Waals surface area contributed by atoms with Gasteiger partial charge in [-0.3, -0.25) is 4.79 Å². The number of hydrogen-bond acceptors (Lipinski definition) is 4. The van der Waals surface area contributed by atoms with Crippen LogP contribution in [0, 0.1) is 13.8 Å². The molecule has 5 heteroatoms. The molecule has 0 aliphatic heterocycles. The molecule has 0 heterocycles. The number of hydrogen-bond donors (Lipinski definition) is 2. The topological polar surface area (TPSA) is 67.4 Å². The predicted octanol–water partition coefficient (Wildman–Crippen LogP) is 3.53. The lowest BCUT2D eigenvalue weighted by Crippen LogP contribution is -2.16. The number of carbonyl (C=O) groups is 2. The summed E-state index contributed by atoms with van der Waals surface area (Å²) in [5, 5.41) is 6.04. The van der Waals surface area contributed by atoms with E-state index in [0.29, 0.717) is 18.5 Å². The second-order valence-electron chi connectivity index (χ2n) is 5.59. The van der Waals surface area contributed by atoms with E-state index >= 15 is 0 Å². The third kappa shape index (κ3) is 4.84. The van der Waals surface area contributed by atoms with E-state index < -0.39 is 0 Å². The van der Waals surface area contributed by atoms with Crippen molar-refractivity contribution in [2.45, 2.75) is 20.3 Å². The first-order chi connectivity index (χ1) is 11.5. The number of esters is 1. The number of ether oxygens (including phenoxy) is 1. The van der Waals surface area contributed by atoms with E-state index in [1.54, 1.807) is 24.3 Å². The lowest BCUT2D eigenvalue weighted by atomic mass is 10.1. The molecule has 2 aromatic rings. The molecule has 0 radical (unpaired) electrons. The molecule has 2 N–H and O–H groups in total. The van der Waals surface area contributed by atoms with Gasteiger partial charge in [0.1, 0.15) is 0 Å². The van der Waals surface area contributed by atoms with Crippen LogP contribution in [0.2, 0.25) is 0 Å². The van der Waals surface area contributed by atoms with Crippen molar-refractivity contribution in [2.75, 3.05) is 24.3 Å². The van der Waals surface area contributed by atoms with Gasteiger partial charge in [0, 0.05) is 24.3 Å². The first kappa shape index (κ1) is 17.5. The number of benzene rings is 2. The summed E-state index contributed by atoms with van der Waals surface area (Å²) in [5.74, 6) is -0.411. The maximum Gasteiger partial charge on any atom is 0.337 e. The molecule has 2 aromatic carbocycles. The zero-order valence-electron chi connectivity index (χ0n) is 14.2. The summed E-state index contributed by atoms with van der Waals surface area (Å²) in [4.78, 5) is 23.3. The first-order valence-electron chi connectivity index (χ1n) is 7.79. The fourth-order valence-electron chi connectivity index (χ4n) is 2.21. The van der Waals surface area contributed by atoms with Crippen molar-refractivity contribution in [3.05, 3.63) is 59.2 Å². The maximum atomic E-state index is 12.0. The molecule has 0 spiro atoms. The van der Waals surface area contributed by atoms with Crippen LogP contribution < -0.4 is 10.6 Å². The number of carbonyl (C=O) groups excluding carboxylic acids is 2. The summed E-state index contributed by atoms with van der Waals surface area (Å²) < 4.78 is 4.65. The summed E-state index contributed by atoms with van der Waals surface area (Å²) in [5.41, 5.74) is 4.50. The van der Waals surface area contributed by atoms with Crippen molar-refractivity contribution in [3.63, 3.8) is 0 Å². The van der Waals surface area contributed by atoms with Crippen LogP contribution in [-0.4, -0.2) is 25.5 Å². The molecule has 1 amide bonds. The molecule has 0 aliphatic rings. The van der Waals surface area contributed by atoms with Crippen molar-refractivity contribution >= 4 is 23.3 Å². The highest BCUT2D eigenvalue weighted by Crippen LogP contribution is 2.14. The van der Waals surface area contributed by atoms with Gasteiger partial charge in [0.25, 0.3) is 0 Å². The molecule has 126 valence electrons. The summed E-state index contributed by atoms with van der Waals surface area (Å²) in [6.45, 7) is 4.56. The van der Waals surface area contributed by atoms with E-state index in [1.165, 1.54) is 12.7 Å². The Labute approximate surface area is 142 Å². The van der Waals surface area contributed by atoms with Gasteiger partial charge in [0.15, 0.2) is 0 Å². The zero-order chi connectivity index (χ0) is 17.5.